The quantitative estimate of drug-likeness (QED) is 0.488. The molecule has 0 saturated heterocycles. The van der Waals surface area contributed by atoms with E-state index in [1.807, 2.05) is 0 Å². The average molecular weight is 257 g/mol. The van der Waals surface area contributed by atoms with Crippen molar-refractivity contribution in [2.45, 2.75) is 50.1 Å². The summed E-state index contributed by atoms with van der Waals surface area (Å²) in [7, 11) is 0. The molecule has 1 aliphatic rings. The second-order valence-corrected chi connectivity index (χ2v) is 4.88. The van der Waals surface area contributed by atoms with E-state index in [0.717, 1.165) is 25.7 Å². The van der Waals surface area contributed by atoms with Gasteiger partial charge in [-0.3, -0.25) is 9.59 Å². The number of aliphatic carboxylic acids is 1. The van der Waals surface area contributed by atoms with Crippen LogP contribution in [-0.2, 0) is 14.4 Å². The summed E-state index contributed by atoms with van der Waals surface area (Å²) in [6.45, 7) is 0. The number of amides is 2. The maximum Gasteiger partial charge on any atom is 0.326 e. The van der Waals surface area contributed by atoms with Crippen LogP contribution in [0.3, 0.4) is 0 Å². The van der Waals surface area contributed by atoms with Crippen molar-refractivity contribution in [3.05, 3.63) is 0 Å². The van der Waals surface area contributed by atoms with E-state index < -0.39 is 35.8 Å². The van der Waals surface area contributed by atoms with E-state index in [2.05, 4.69) is 5.32 Å². The average Bonchev–Trinajstić information content (AvgIpc) is 2.62. The van der Waals surface area contributed by atoms with Crippen LogP contribution in [0.4, 0.5) is 0 Å². The summed E-state index contributed by atoms with van der Waals surface area (Å²) in [6.07, 6.45) is 3.14. The Hall–Kier alpha value is -1.63. The van der Waals surface area contributed by atoms with Crippen LogP contribution in [0.1, 0.15) is 38.5 Å². The van der Waals surface area contributed by atoms with Gasteiger partial charge in [-0.25, -0.2) is 4.79 Å². The van der Waals surface area contributed by atoms with Gasteiger partial charge >= 0.3 is 5.97 Å². The van der Waals surface area contributed by atoms with Gasteiger partial charge in [-0.2, -0.15) is 0 Å². The van der Waals surface area contributed by atoms with E-state index in [9.17, 15) is 14.4 Å². The smallest absolute Gasteiger partial charge is 0.326 e. The molecule has 1 aliphatic carbocycles. The Labute approximate surface area is 105 Å². The van der Waals surface area contributed by atoms with E-state index in [4.69, 9.17) is 16.6 Å². The van der Waals surface area contributed by atoms with Crippen LogP contribution in [0.5, 0.6) is 0 Å². The van der Waals surface area contributed by atoms with Gasteiger partial charge in [-0.05, 0) is 12.8 Å². The molecule has 6 N–H and O–H groups in total. The molecule has 7 heteroatoms. The van der Waals surface area contributed by atoms with Crippen LogP contribution in [0.2, 0.25) is 0 Å². The Morgan fingerprint density at radius 1 is 1.28 bits per heavy atom. The third-order valence-corrected chi connectivity index (χ3v) is 3.15. The number of primary amides is 1. The number of nitrogens with two attached hydrogens (primary N) is 2. The summed E-state index contributed by atoms with van der Waals surface area (Å²) in [6, 6.07) is -1.28. The standard InChI is InChI=1S/C11H19N3O4/c12-8(15)5-7(10(17)18)14-9(16)6-11(13)3-1-2-4-11/h7H,1-6,13H2,(H2,12,15)(H,14,16)(H,17,18)/t7-/m1/s1. The highest BCUT2D eigenvalue weighted by Gasteiger charge is 2.33. The van der Waals surface area contributed by atoms with Crippen LogP contribution < -0.4 is 16.8 Å². The Bertz CT molecular complexity index is 350. The van der Waals surface area contributed by atoms with Crippen LogP contribution in [-0.4, -0.2) is 34.5 Å². The Kier molecular flexibility index (Phi) is 4.66. The zero-order chi connectivity index (χ0) is 13.8. The maximum absolute atomic E-state index is 11.7. The fourth-order valence-electron chi connectivity index (χ4n) is 2.22. The van der Waals surface area contributed by atoms with Crippen molar-refractivity contribution in [1.29, 1.82) is 0 Å². The molecule has 0 aliphatic heterocycles. The fraction of sp³-hybridized carbons (Fsp3) is 0.727. The molecule has 1 saturated carbocycles. The first kappa shape index (κ1) is 14.4. The van der Waals surface area contributed by atoms with Crippen LogP contribution in [0, 0.1) is 0 Å². The van der Waals surface area contributed by atoms with E-state index in [-0.39, 0.29) is 6.42 Å². The molecule has 0 aromatic heterocycles. The first-order chi connectivity index (χ1) is 8.32. The molecule has 0 radical (unpaired) electrons. The van der Waals surface area contributed by atoms with Crippen molar-refractivity contribution in [2.75, 3.05) is 0 Å². The Morgan fingerprint density at radius 3 is 2.28 bits per heavy atom. The minimum Gasteiger partial charge on any atom is -0.480 e. The highest BCUT2D eigenvalue weighted by atomic mass is 16.4. The zero-order valence-electron chi connectivity index (χ0n) is 10.1. The largest absolute Gasteiger partial charge is 0.480 e. The molecule has 0 heterocycles. The minimum absolute atomic E-state index is 0.0789. The van der Waals surface area contributed by atoms with Crippen LogP contribution in [0.25, 0.3) is 0 Å². The van der Waals surface area contributed by atoms with Crippen molar-refractivity contribution < 1.29 is 19.5 Å². The summed E-state index contributed by atoms with van der Waals surface area (Å²) in [5.74, 6) is -2.50. The number of carbonyl (C=O) groups is 3. The number of hydrogen-bond acceptors (Lipinski definition) is 4. The number of carboxylic acid groups (broad SMARTS) is 1. The van der Waals surface area contributed by atoms with Gasteiger partial charge in [0, 0.05) is 12.0 Å². The molecule has 0 unspecified atom stereocenters. The van der Waals surface area contributed by atoms with Gasteiger partial charge in [-0.15, -0.1) is 0 Å². The van der Waals surface area contributed by atoms with E-state index in [1.165, 1.54) is 0 Å². The second-order valence-electron chi connectivity index (χ2n) is 4.88. The summed E-state index contributed by atoms with van der Waals surface area (Å²) < 4.78 is 0. The molecule has 0 spiro atoms. The summed E-state index contributed by atoms with van der Waals surface area (Å²) in [5, 5.41) is 11.1. The van der Waals surface area contributed by atoms with Crippen molar-refractivity contribution in [1.82, 2.24) is 5.32 Å². The summed E-state index contributed by atoms with van der Waals surface area (Å²) in [4.78, 5) is 33.2. The molecule has 0 aromatic rings. The molecule has 2 amide bonds. The highest BCUT2D eigenvalue weighted by Crippen LogP contribution is 2.29. The monoisotopic (exact) mass is 257 g/mol. The lowest BCUT2D eigenvalue weighted by molar-refractivity contribution is -0.143. The molecular formula is C11H19N3O4. The molecule has 1 atom stereocenters. The topological polar surface area (TPSA) is 136 Å². The normalized spacial score (nSPS) is 19.2. The molecule has 1 fully saturated rings. The van der Waals surface area contributed by atoms with E-state index in [0.29, 0.717) is 0 Å². The van der Waals surface area contributed by atoms with Gasteiger partial charge in [0.2, 0.25) is 11.8 Å². The maximum atomic E-state index is 11.7. The van der Waals surface area contributed by atoms with Gasteiger partial charge in [-0.1, -0.05) is 12.8 Å². The van der Waals surface area contributed by atoms with Crippen LogP contribution >= 0.6 is 0 Å². The number of nitrogens with one attached hydrogen (secondary N) is 1. The van der Waals surface area contributed by atoms with Gasteiger partial charge in [0.1, 0.15) is 6.04 Å². The number of rotatable bonds is 6. The van der Waals surface area contributed by atoms with Gasteiger partial charge in [0.15, 0.2) is 0 Å². The van der Waals surface area contributed by atoms with E-state index >= 15 is 0 Å². The predicted octanol–water partition coefficient (Wildman–Crippen LogP) is -0.907. The highest BCUT2D eigenvalue weighted by molar-refractivity contribution is 5.88. The number of carboxylic acids is 1. The first-order valence-electron chi connectivity index (χ1n) is 5.92. The molecular weight excluding hydrogens is 238 g/mol. The van der Waals surface area contributed by atoms with Crippen molar-refractivity contribution >= 4 is 17.8 Å². The molecule has 102 valence electrons. The molecule has 18 heavy (non-hydrogen) atoms. The van der Waals surface area contributed by atoms with Crippen LogP contribution in [0.15, 0.2) is 0 Å². The molecule has 7 nitrogen and oxygen atoms in total. The minimum atomic E-state index is -1.28. The second kappa shape index (κ2) is 5.81. The van der Waals surface area contributed by atoms with E-state index in [1.54, 1.807) is 0 Å². The lowest BCUT2D eigenvalue weighted by atomic mass is 9.94. The Balaban J connectivity index is 2.50. The van der Waals surface area contributed by atoms with Crippen molar-refractivity contribution in [3.63, 3.8) is 0 Å². The predicted molar refractivity (Wildman–Crippen MR) is 63.4 cm³/mol. The van der Waals surface area contributed by atoms with Crippen molar-refractivity contribution in [2.24, 2.45) is 11.5 Å². The summed E-state index contributed by atoms with van der Waals surface area (Å²) in [5.41, 5.74) is 10.4. The fourth-order valence-corrected chi connectivity index (χ4v) is 2.22. The summed E-state index contributed by atoms with van der Waals surface area (Å²) >= 11 is 0. The van der Waals surface area contributed by atoms with Gasteiger partial charge in [0.05, 0.1) is 6.42 Å². The van der Waals surface area contributed by atoms with Crippen molar-refractivity contribution in [3.8, 4) is 0 Å². The Morgan fingerprint density at radius 2 is 1.83 bits per heavy atom. The molecule has 0 bridgehead atoms. The number of hydrogen-bond donors (Lipinski definition) is 4. The third-order valence-electron chi connectivity index (χ3n) is 3.15. The third kappa shape index (κ3) is 4.33. The molecule has 1 rings (SSSR count). The van der Waals surface area contributed by atoms with Gasteiger partial charge < -0.3 is 21.9 Å². The van der Waals surface area contributed by atoms with Gasteiger partial charge in [0.25, 0.3) is 0 Å². The lowest BCUT2D eigenvalue weighted by Crippen LogP contribution is -2.48. The zero-order valence-corrected chi connectivity index (χ0v) is 10.1. The lowest BCUT2D eigenvalue weighted by Gasteiger charge is -2.23. The number of carbonyl (C=O) groups excluding carboxylic acids is 2. The molecule has 0 aromatic carbocycles. The SMILES string of the molecule is NC(=O)C[C@@H](NC(=O)CC1(N)CCCC1)C(=O)O. The first-order valence-corrected chi connectivity index (χ1v) is 5.92.